The van der Waals surface area contributed by atoms with E-state index in [4.69, 9.17) is 0 Å². The van der Waals surface area contributed by atoms with Crippen LogP contribution in [-0.4, -0.2) is 72.7 Å². The fourth-order valence-electron chi connectivity index (χ4n) is 4.99. The van der Waals surface area contributed by atoms with Crippen LogP contribution in [0, 0.1) is 0 Å². The fourth-order valence-corrected chi connectivity index (χ4v) is 6.77. The molecule has 0 spiro atoms. The van der Waals surface area contributed by atoms with Gasteiger partial charge in [0.25, 0.3) is 0 Å². The maximum absolute atomic E-state index is 13.8. The van der Waals surface area contributed by atoms with Crippen LogP contribution >= 0.6 is 0 Å². The van der Waals surface area contributed by atoms with Gasteiger partial charge in [-0.05, 0) is 58.6 Å². The number of hydrogen-bond acceptors (Lipinski definition) is 5. The molecule has 36 heavy (non-hydrogen) atoms. The molecule has 1 amide bonds. The molecular formula is C23H33F5N4O3S. The third kappa shape index (κ3) is 5.76. The van der Waals surface area contributed by atoms with E-state index >= 15 is 0 Å². The molecular weight excluding hydrogens is 507 g/mol. The van der Waals surface area contributed by atoms with E-state index in [1.54, 1.807) is 20.8 Å². The smallest absolute Gasteiger partial charge is 0.353 e. The average molecular weight is 541 g/mol. The van der Waals surface area contributed by atoms with E-state index in [2.05, 4.69) is 4.98 Å². The molecule has 2 aliphatic rings. The molecule has 3 rings (SSSR count). The summed E-state index contributed by atoms with van der Waals surface area (Å²) >= 11 is 0. The van der Waals surface area contributed by atoms with E-state index in [-0.39, 0.29) is 57.1 Å². The van der Waals surface area contributed by atoms with Gasteiger partial charge >= 0.3 is 6.18 Å². The van der Waals surface area contributed by atoms with Crippen LogP contribution in [0.1, 0.15) is 65.0 Å². The van der Waals surface area contributed by atoms with Crippen molar-refractivity contribution in [3.05, 3.63) is 17.8 Å². The second-order valence-electron chi connectivity index (χ2n) is 9.71. The number of hydrogen-bond donors (Lipinski definition) is 0. The molecule has 7 nitrogen and oxygen atoms in total. The first-order valence-electron chi connectivity index (χ1n) is 12.1. The monoisotopic (exact) mass is 540 g/mol. The number of carbonyl (C=O) groups is 1. The van der Waals surface area contributed by atoms with E-state index in [0.717, 1.165) is 10.4 Å². The summed E-state index contributed by atoms with van der Waals surface area (Å²) in [5.41, 5.74) is -1.21. The van der Waals surface area contributed by atoms with E-state index in [9.17, 15) is 35.2 Å². The zero-order valence-electron chi connectivity index (χ0n) is 20.9. The summed E-state index contributed by atoms with van der Waals surface area (Å²) in [5.74, 6) is -3.58. The summed E-state index contributed by atoms with van der Waals surface area (Å²) < 4.78 is 95.9. The largest absolute Gasteiger partial charge is 0.433 e. The summed E-state index contributed by atoms with van der Waals surface area (Å²) in [6, 6.07) is -0.301. The molecule has 1 aliphatic heterocycles. The normalized spacial score (nSPS) is 21.7. The SMILES string of the molecule is CCN(c1nc(C(F)(F)F)ccc1S(=O)(=O)N1CCC[C@H]1C(=O)N(C)C1CCC(F)(F)CC1)C(C)C. The van der Waals surface area contributed by atoms with Crippen molar-refractivity contribution in [3.8, 4) is 0 Å². The molecule has 0 aromatic carbocycles. The first-order chi connectivity index (χ1) is 16.6. The van der Waals surface area contributed by atoms with Crippen molar-refractivity contribution >= 4 is 21.7 Å². The molecule has 2 fully saturated rings. The second kappa shape index (κ2) is 10.4. The Morgan fingerprint density at radius 2 is 1.81 bits per heavy atom. The zero-order valence-corrected chi connectivity index (χ0v) is 21.7. The Hall–Kier alpha value is -2.02. The molecule has 1 aromatic heterocycles. The average Bonchev–Trinajstić information content (AvgIpc) is 3.28. The Morgan fingerprint density at radius 1 is 1.19 bits per heavy atom. The van der Waals surface area contributed by atoms with E-state index in [0.29, 0.717) is 12.5 Å². The molecule has 13 heteroatoms. The third-order valence-corrected chi connectivity index (χ3v) is 8.95. The van der Waals surface area contributed by atoms with Crippen LogP contribution in [0.4, 0.5) is 27.8 Å². The molecule has 0 radical (unpaired) electrons. The Bertz CT molecular complexity index is 1050. The van der Waals surface area contributed by atoms with Gasteiger partial charge in [-0.25, -0.2) is 22.2 Å². The van der Waals surface area contributed by atoms with Crippen molar-refractivity contribution in [1.82, 2.24) is 14.2 Å². The van der Waals surface area contributed by atoms with Gasteiger partial charge in [0, 0.05) is 45.1 Å². The molecule has 1 atom stereocenters. The molecule has 1 saturated carbocycles. The Labute approximate surface area is 208 Å². The van der Waals surface area contributed by atoms with Gasteiger partial charge in [-0.2, -0.15) is 17.5 Å². The molecule has 1 aliphatic carbocycles. The number of rotatable bonds is 7. The van der Waals surface area contributed by atoms with Gasteiger partial charge < -0.3 is 9.80 Å². The van der Waals surface area contributed by atoms with Crippen LogP contribution in [0.25, 0.3) is 0 Å². The quantitative estimate of drug-likeness (QED) is 0.476. The lowest BCUT2D eigenvalue weighted by molar-refractivity contribution is -0.141. The molecule has 1 saturated heterocycles. The number of likely N-dealkylation sites (N-methyl/N-ethyl adjacent to an activating group) is 1. The Balaban J connectivity index is 1.96. The predicted molar refractivity (Wildman–Crippen MR) is 124 cm³/mol. The predicted octanol–water partition coefficient (Wildman–Crippen LogP) is 4.52. The number of halogens is 5. The summed E-state index contributed by atoms with van der Waals surface area (Å²) in [5, 5.41) is 0. The number of sulfonamides is 1. The van der Waals surface area contributed by atoms with E-state index in [1.165, 1.54) is 16.8 Å². The zero-order chi connectivity index (χ0) is 27.1. The number of carbonyl (C=O) groups excluding carboxylic acids is 1. The van der Waals surface area contributed by atoms with Gasteiger partial charge in [-0.1, -0.05) is 0 Å². The van der Waals surface area contributed by atoms with Crippen LogP contribution in [-0.2, 0) is 21.0 Å². The third-order valence-electron chi connectivity index (χ3n) is 7.02. The van der Waals surface area contributed by atoms with Gasteiger partial charge in [0.2, 0.25) is 21.9 Å². The molecule has 0 N–H and O–H groups in total. The lowest BCUT2D eigenvalue weighted by Crippen LogP contribution is -2.51. The molecule has 0 bridgehead atoms. The summed E-state index contributed by atoms with van der Waals surface area (Å²) in [4.78, 5) is 19.4. The molecule has 0 unspecified atom stereocenters. The standard InChI is InChI=1S/C23H33F5N4O3S/c1-5-31(15(2)3)20-18(8-9-19(29-20)23(26,27)28)36(34,35)32-14-6-7-17(32)21(33)30(4)16-10-12-22(24,25)13-11-16/h8-9,15-17H,5-7,10-14H2,1-4H3/t17-/m0/s1. The highest BCUT2D eigenvalue weighted by Crippen LogP contribution is 2.38. The summed E-state index contributed by atoms with van der Waals surface area (Å²) in [6.45, 7) is 5.35. The van der Waals surface area contributed by atoms with Crippen molar-refractivity contribution in [2.45, 2.75) is 94.4 Å². The topological polar surface area (TPSA) is 73.8 Å². The second-order valence-corrected chi connectivity index (χ2v) is 11.6. The first-order valence-corrected chi connectivity index (χ1v) is 13.6. The summed E-state index contributed by atoms with van der Waals surface area (Å²) in [7, 11) is -2.91. The van der Waals surface area contributed by atoms with Gasteiger partial charge in [-0.3, -0.25) is 4.79 Å². The van der Waals surface area contributed by atoms with Gasteiger partial charge in [0.05, 0.1) is 0 Å². The minimum atomic E-state index is -4.76. The first kappa shape index (κ1) is 28.5. The fraction of sp³-hybridized carbons (Fsp3) is 0.739. The van der Waals surface area contributed by atoms with E-state index < -0.39 is 50.7 Å². The number of nitrogens with zero attached hydrogens (tertiary/aromatic N) is 4. The van der Waals surface area contributed by atoms with Gasteiger partial charge in [0.15, 0.2) is 0 Å². The lowest BCUT2D eigenvalue weighted by atomic mass is 9.91. The van der Waals surface area contributed by atoms with Gasteiger partial charge in [-0.15, -0.1) is 0 Å². The van der Waals surface area contributed by atoms with Crippen molar-refractivity contribution in [2.24, 2.45) is 0 Å². The number of amides is 1. The number of aromatic nitrogens is 1. The number of alkyl halides is 5. The highest BCUT2D eigenvalue weighted by molar-refractivity contribution is 7.89. The van der Waals surface area contributed by atoms with Crippen LogP contribution in [0.3, 0.4) is 0 Å². The maximum atomic E-state index is 13.8. The van der Waals surface area contributed by atoms with E-state index in [1.807, 2.05) is 0 Å². The van der Waals surface area contributed by atoms with Crippen molar-refractivity contribution in [1.29, 1.82) is 0 Å². The Kier molecular flexibility index (Phi) is 8.24. The van der Waals surface area contributed by atoms with Crippen molar-refractivity contribution < 1.29 is 35.2 Å². The van der Waals surface area contributed by atoms with Crippen LogP contribution in [0.15, 0.2) is 17.0 Å². The van der Waals surface area contributed by atoms with Crippen LogP contribution in [0.5, 0.6) is 0 Å². The lowest BCUT2D eigenvalue weighted by Gasteiger charge is -2.37. The van der Waals surface area contributed by atoms with Crippen molar-refractivity contribution in [2.75, 3.05) is 25.0 Å². The molecule has 2 heterocycles. The molecule has 1 aromatic rings. The van der Waals surface area contributed by atoms with Crippen molar-refractivity contribution in [3.63, 3.8) is 0 Å². The van der Waals surface area contributed by atoms with Gasteiger partial charge in [0.1, 0.15) is 22.4 Å². The number of anilines is 1. The van der Waals surface area contributed by atoms with Crippen LogP contribution < -0.4 is 4.90 Å². The molecule has 204 valence electrons. The highest BCUT2D eigenvalue weighted by Gasteiger charge is 2.45. The minimum absolute atomic E-state index is 0.0174. The number of pyridine rings is 1. The Morgan fingerprint density at radius 3 is 2.33 bits per heavy atom. The highest BCUT2D eigenvalue weighted by atomic mass is 32.2. The van der Waals surface area contributed by atoms with Crippen LogP contribution in [0.2, 0.25) is 0 Å². The summed E-state index contributed by atoms with van der Waals surface area (Å²) in [6.07, 6.45) is -4.61. The minimum Gasteiger partial charge on any atom is -0.353 e. The maximum Gasteiger partial charge on any atom is 0.433 e.